The van der Waals surface area contributed by atoms with Crippen molar-refractivity contribution in [2.75, 3.05) is 0 Å². The summed E-state index contributed by atoms with van der Waals surface area (Å²) in [5.74, 6) is -0.186. The molecular formula is C18H18O5. The number of hydrogen-bond donors (Lipinski definition) is 3. The Morgan fingerprint density at radius 1 is 1.13 bits per heavy atom. The smallest absolute Gasteiger partial charge is 0.200 e. The van der Waals surface area contributed by atoms with Crippen molar-refractivity contribution >= 4 is 21.9 Å². The zero-order chi connectivity index (χ0) is 16.8. The molecule has 0 aliphatic carbocycles. The Labute approximate surface area is 132 Å². The van der Waals surface area contributed by atoms with Crippen LogP contribution in [0.5, 0.6) is 5.75 Å². The van der Waals surface area contributed by atoms with Gasteiger partial charge in [0.2, 0.25) is 5.43 Å². The molecule has 0 spiro atoms. The van der Waals surface area contributed by atoms with Gasteiger partial charge in [-0.15, -0.1) is 0 Å². The number of para-hydroxylation sites is 1. The second-order valence-corrected chi connectivity index (χ2v) is 6.25. The van der Waals surface area contributed by atoms with E-state index in [4.69, 9.17) is 4.42 Å². The van der Waals surface area contributed by atoms with E-state index in [2.05, 4.69) is 0 Å². The van der Waals surface area contributed by atoms with Gasteiger partial charge in [0, 0.05) is 12.0 Å². The Kier molecular flexibility index (Phi) is 3.62. The second-order valence-electron chi connectivity index (χ2n) is 6.25. The van der Waals surface area contributed by atoms with Gasteiger partial charge in [-0.2, -0.15) is 0 Å². The Morgan fingerprint density at radius 3 is 2.52 bits per heavy atom. The van der Waals surface area contributed by atoms with Gasteiger partial charge in [-0.25, -0.2) is 0 Å². The van der Waals surface area contributed by atoms with E-state index in [0.717, 1.165) is 0 Å². The molecule has 120 valence electrons. The fraction of sp³-hybridized carbons (Fsp3) is 0.278. The zero-order valence-corrected chi connectivity index (χ0v) is 12.9. The summed E-state index contributed by atoms with van der Waals surface area (Å²) in [5.41, 5.74) is -0.627. The standard InChI is InChI=1S/C18H18O5/c1-18(2,22)14(19)9-10-7-8-12-16(21)11-5-3-4-6-13(11)23-17(12)15(10)20/h3-8,14,19-20,22H,9H2,1-2H3/t14-/m1/s1. The Hall–Kier alpha value is -2.37. The molecule has 5 heteroatoms. The normalized spacial score (nSPS) is 13.6. The van der Waals surface area contributed by atoms with E-state index >= 15 is 0 Å². The first-order valence-electron chi connectivity index (χ1n) is 7.36. The van der Waals surface area contributed by atoms with Crippen molar-refractivity contribution in [1.82, 2.24) is 0 Å². The maximum absolute atomic E-state index is 12.5. The molecular weight excluding hydrogens is 296 g/mol. The molecule has 0 fully saturated rings. The number of aromatic hydroxyl groups is 1. The van der Waals surface area contributed by atoms with Gasteiger partial charge < -0.3 is 19.7 Å². The fourth-order valence-electron chi connectivity index (χ4n) is 2.52. The summed E-state index contributed by atoms with van der Waals surface area (Å²) >= 11 is 0. The number of fused-ring (bicyclic) bond motifs is 2. The summed E-state index contributed by atoms with van der Waals surface area (Å²) in [5, 5.41) is 31.0. The Morgan fingerprint density at radius 2 is 1.83 bits per heavy atom. The quantitative estimate of drug-likeness (QED) is 0.645. The average Bonchev–Trinajstić information content (AvgIpc) is 2.50. The molecule has 5 nitrogen and oxygen atoms in total. The van der Waals surface area contributed by atoms with Crippen LogP contribution in [0, 0.1) is 0 Å². The lowest BCUT2D eigenvalue weighted by molar-refractivity contribution is -0.0471. The maximum atomic E-state index is 12.5. The first-order chi connectivity index (χ1) is 10.8. The van der Waals surface area contributed by atoms with E-state index in [1.54, 1.807) is 36.4 Å². The topological polar surface area (TPSA) is 90.9 Å². The molecule has 23 heavy (non-hydrogen) atoms. The summed E-state index contributed by atoms with van der Waals surface area (Å²) in [6.45, 7) is 2.98. The van der Waals surface area contributed by atoms with Crippen LogP contribution in [0.15, 0.2) is 45.6 Å². The van der Waals surface area contributed by atoms with Crippen molar-refractivity contribution in [3.63, 3.8) is 0 Å². The fourth-order valence-corrected chi connectivity index (χ4v) is 2.52. The number of rotatable bonds is 3. The molecule has 3 N–H and O–H groups in total. The number of aliphatic hydroxyl groups is 2. The van der Waals surface area contributed by atoms with Gasteiger partial charge >= 0.3 is 0 Å². The van der Waals surface area contributed by atoms with Crippen molar-refractivity contribution in [3.8, 4) is 5.75 Å². The Bertz CT molecular complexity index is 934. The molecule has 0 bridgehead atoms. The highest BCUT2D eigenvalue weighted by Crippen LogP contribution is 2.31. The summed E-state index contributed by atoms with van der Waals surface area (Å²) < 4.78 is 5.67. The molecule has 0 saturated heterocycles. The number of benzene rings is 2. The first-order valence-corrected chi connectivity index (χ1v) is 7.36. The summed E-state index contributed by atoms with van der Waals surface area (Å²) in [6.07, 6.45) is -1.01. The van der Waals surface area contributed by atoms with Gasteiger partial charge in [-0.1, -0.05) is 18.2 Å². The number of phenols is 1. The molecule has 2 aromatic carbocycles. The van der Waals surface area contributed by atoms with Gasteiger partial charge in [0.1, 0.15) is 5.58 Å². The molecule has 0 aliphatic heterocycles. The first kappa shape index (κ1) is 15.5. The second kappa shape index (κ2) is 5.37. The van der Waals surface area contributed by atoms with Crippen LogP contribution in [0.1, 0.15) is 19.4 Å². The van der Waals surface area contributed by atoms with Gasteiger partial charge in [-0.3, -0.25) is 4.79 Å². The lowest BCUT2D eigenvalue weighted by Gasteiger charge is -2.24. The lowest BCUT2D eigenvalue weighted by Crippen LogP contribution is -2.37. The summed E-state index contributed by atoms with van der Waals surface area (Å²) in [7, 11) is 0. The molecule has 0 amide bonds. The number of hydrogen-bond acceptors (Lipinski definition) is 5. The van der Waals surface area contributed by atoms with E-state index in [0.29, 0.717) is 16.5 Å². The van der Waals surface area contributed by atoms with Gasteiger partial charge in [0.15, 0.2) is 11.3 Å². The van der Waals surface area contributed by atoms with Crippen molar-refractivity contribution in [3.05, 3.63) is 52.2 Å². The molecule has 0 unspecified atom stereocenters. The third-order valence-corrected chi connectivity index (χ3v) is 4.03. The Balaban J connectivity index is 2.19. The SMILES string of the molecule is CC(C)(O)[C@H](O)Cc1ccc2c(=O)c3ccccc3oc2c1O. The minimum Gasteiger partial charge on any atom is -0.504 e. The van der Waals surface area contributed by atoms with Crippen LogP contribution >= 0.6 is 0 Å². The van der Waals surface area contributed by atoms with E-state index in [1.165, 1.54) is 13.8 Å². The van der Waals surface area contributed by atoms with E-state index in [9.17, 15) is 20.1 Å². The third-order valence-electron chi connectivity index (χ3n) is 4.03. The summed E-state index contributed by atoms with van der Waals surface area (Å²) in [6, 6.07) is 9.96. The van der Waals surface area contributed by atoms with Crippen LogP contribution < -0.4 is 5.43 Å². The molecule has 0 aliphatic rings. The molecule has 3 rings (SSSR count). The molecule has 3 aromatic rings. The van der Waals surface area contributed by atoms with Crippen LogP contribution in [0.25, 0.3) is 21.9 Å². The van der Waals surface area contributed by atoms with Crippen LogP contribution in [0.4, 0.5) is 0 Å². The van der Waals surface area contributed by atoms with Crippen molar-refractivity contribution < 1.29 is 19.7 Å². The maximum Gasteiger partial charge on any atom is 0.200 e. The van der Waals surface area contributed by atoms with Gasteiger partial charge in [-0.05, 0) is 32.0 Å². The predicted octanol–water partition coefficient (Wildman–Crippen LogP) is 2.33. The van der Waals surface area contributed by atoms with Crippen molar-refractivity contribution in [1.29, 1.82) is 0 Å². The minimum atomic E-state index is -1.30. The molecule has 0 radical (unpaired) electrons. The highest BCUT2D eigenvalue weighted by atomic mass is 16.4. The van der Waals surface area contributed by atoms with Gasteiger partial charge in [0.05, 0.1) is 22.5 Å². The van der Waals surface area contributed by atoms with Gasteiger partial charge in [0.25, 0.3) is 0 Å². The molecule has 1 aromatic heterocycles. The van der Waals surface area contributed by atoms with Crippen LogP contribution in [0.2, 0.25) is 0 Å². The molecule has 0 saturated carbocycles. The third kappa shape index (κ3) is 2.69. The van der Waals surface area contributed by atoms with Crippen molar-refractivity contribution in [2.24, 2.45) is 0 Å². The van der Waals surface area contributed by atoms with Crippen LogP contribution in [-0.2, 0) is 6.42 Å². The van der Waals surface area contributed by atoms with Crippen molar-refractivity contribution in [2.45, 2.75) is 32.0 Å². The van der Waals surface area contributed by atoms with E-state index in [-0.39, 0.29) is 28.6 Å². The summed E-state index contributed by atoms with van der Waals surface area (Å²) in [4.78, 5) is 12.5. The zero-order valence-electron chi connectivity index (χ0n) is 12.9. The van der Waals surface area contributed by atoms with E-state index < -0.39 is 11.7 Å². The van der Waals surface area contributed by atoms with E-state index in [1.807, 2.05) is 0 Å². The monoisotopic (exact) mass is 314 g/mol. The predicted molar refractivity (Wildman–Crippen MR) is 87.7 cm³/mol. The molecule has 1 atom stereocenters. The number of phenolic OH excluding ortho intramolecular Hbond substituents is 1. The average molecular weight is 314 g/mol. The minimum absolute atomic E-state index is 0.0435. The lowest BCUT2D eigenvalue weighted by atomic mass is 9.94. The van der Waals surface area contributed by atoms with Crippen LogP contribution in [-0.4, -0.2) is 27.0 Å². The highest BCUT2D eigenvalue weighted by Gasteiger charge is 2.26. The molecule has 1 heterocycles. The largest absolute Gasteiger partial charge is 0.504 e. The highest BCUT2D eigenvalue weighted by molar-refractivity contribution is 5.92. The number of aliphatic hydroxyl groups excluding tert-OH is 1. The van der Waals surface area contributed by atoms with Crippen LogP contribution in [0.3, 0.4) is 0 Å².